The Balaban J connectivity index is 0. The summed E-state index contributed by atoms with van der Waals surface area (Å²) in [6.45, 7) is 11.1. The van der Waals surface area contributed by atoms with E-state index < -0.39 is 0 Å². The molecule has 2 unspecified atom stereocenters. The molecule has 0 bridgehead atoms. The molecule has 1 heteroatoms. The van der Waals surface area contributed by atoms with Crippen LogP contribution in [0.15, 0.2) is 0 Å². The Kier molecular flexibility index (Phi) is 22.1. The number of nitrogens with two attached hydrogens (primary N) is 1. The van der Waals surface area contributed by atoms with Crippen molar-refractivity contribution in [3.05, 3.63) is 0 Å². The molecule has 0 spiro atoms. The molecule has 0 fully saturated rings. The van der Waals surface area contributed by atoms with Crippen LogP contribution < -0.4 is 5.73 Å². The SMILES string of the molecule is CCCC(C)C(N)CC.CCCCCCCCCCCC. The van der Waals surface area contributed by atoms with Gasteiger partial charge >= 0.3 is 0 Å². The van der Waals surface area contributed by atoms with Crippen LogP contribution in [-0.2, 0) is 0 Å². The first-order valence-electron chi connectivity index (χ1n) is 9.89. The number of rotatable bonds is 13. The quantitative estimate of drug-likeness (QED) is 0.361. The number of hydrogen-bond acceptors (Lipinski definition) is 1. The van der Waals surface area contributed by atoms with Crippen LogP contribution in [0.25, 0.3) is 0 Å². The Morgan fingerprint density at radius 2 is 1.00 bits per heavy atom. The topological polar surface area (TPSA) is 26.0 Å². The van der Waals surface area contributed by atoms with E-state index in [0.29, 0.717) is 12.0 Å². The molecule has 0 aromatic carbocycles. The summed E-state index contributed by atoms with van der Waals surface area (Å²) in [5.41, 5.74) is 5.80. The maximum absolute atomic E-state index is 5.80. The molecule has 2 N–H and O–H groups in total. The number of hydrogen-bond donors (Lipinski definition) is 1. The van der Waals surface area contributed by atoms with Gasteiger partial charge in [0, 0.05) is 6.04 Å². The Labute approximate surface area is 136 Å². The maximum Gasteiger partial charge on any atom is 0.00618 e. The largest absolute Gasteiger partial charge is 0.327 e. The second-order valence-electron chi connectivity index (χ2n) is 6.67. The predicted octanol–water partition coefficient (Wildman–Crippen LogP) is 7.09. The van der Waals surface area contributed by atoms with Crippen LogP contribution in [0, 0.1) is 5.92 Å². The van der Waals surface area contributed by atoms with E-state index in [4.69, 9.17) is 5.73 Å². The highest BCUT2D eigenvalue weighted by Crippen LogP contribution is 2.10. The van der Waals surface area contributed by atoms with Gasteiger partial charge < -0.3 is 5.73 Å². The summed E-state index contributed by atoms with van der Waals surface area (Å²) in [6, 6.07) is 0.421. The molecule has 2 atom stereocenters. The molecule has 0 rings (SSSR count). The average molecular weight is 300 g/mol. The standard InChI is InChI=1S/C12H26.C8H19N/c1-3-5-7-9-11-12-10-8-6-4-2;1-4-6-7(3)8(9)5-2/h3-12H2,1-2H3;7-8H,4-6,9H2,1-3H3. The van der Waals surface area contributed by atoms with Crippen molar-refractivity contribution in [2.45, 2.75) is 124 Å². The van der Waals surface area contributed by atoms with E-state index in [9.17, 15) is 0 Å². The van der Waals surface area contributed by atoms with Gasteiger partial charge in [0.2, 0.25) is 0 Å². The zero-order valence-corrected chi connectivity index (χ0v) is 15.9. The molecule has 0 radical (unpaired) electrons. The van der Waals surface area contributed by atoms with Crippen molar-refractivity contribution < 1.29 is 0 Å². The van der Waals surface area contributed by atoms with Gasteiger partial charge in [-0.05, 0) is 18.8 Å². The molecule has 21 heavy (non-hydrogen) atoms. The fourth-order valence-electron chi connectivity index (χ4n) is 2.63. The fraction of sp³-hybridized carbons (Fsp3) is 1.00. The Morgan fingerprint density at radius 3 is 1.29 bits per heavy atom. The number of unbranched alkanes of at least 4 members (excludes halogenated alkanes) is 9. The summed E-state index contributed by atoms with van der Waals surface area (Å²) in [5, 5.41) is 0. The van der Waals surface area contributed by atoms with Crippen LogP contribution in [0.1, 0.15) is 118 Å². The second-order valence-corrected chi connectivity index (χ2v) is 6.67. The molecule has 0 saturated carbocycles. The average Bonchev–Trinajstić information content (AvgIpc) is 2.50. The molecule has 0 aromatic rings. The molecule has 0 amide bonds. The molecule has 0 saturated heterocycles. The Bertz CT molecular complexity index is 157. The van der Waals surface area contributed by atoms with Crippen LogP contribution in [0.4, 0.5) is 0 Å². The van der Waals surface area contributed by atoms with Crippen LogP contribution in [0.2, 0.25) is 0 Å². The van der Waals surface area contributed by atoms with E-state index >= 15 is 0 Å². The molecule has 0 aliphatic heterocycles. The minimum atomic E-state index is 0.421. The summed E-state index contributed by atoms with van der Waals surface area (Å²) in [4.78, 5) is 0. The van der Waals surface area contributed by atoms with E-state index in [-0.39, 0.29) is 0 Å². The molecule has 0 aliphatic rings. The molecule has 0 aliphatic carbocycles. The van der Waals surface area contributed by atoms with Crippen LogP contribution in [0.5, 0.6) is 0 Å². The smallest absolute Gasteiger partial charge is 0.00618 e. The molecular weight excluding hydrogens is 254 g/mol. The third kappa shape index (κ3) is 20.0. The maximum atomic E-state index is 5.80. The van der Waals surface area contributed by atoms with Gasteiger partial charge in [-0.3, -0.25) is 0 Å². The van der Waals surface area contributed by atoms with Crippen molar-refractivity contribution in [1.29, 1.82) is 0 Å². The molecule has 130 valence electrons. The van der Waals surface area contributed by atoms with Gasteiger partial charge in [-0.25, -0.2) is 0 Å². The summed E-state index contributed by atoms with van der Waals surface area (Å²) in [7, 11) is 0. The van der Waals surface area contributed by atoms with Gasteiger partial charge in [0.05, 0.1) is 0 Å². The molecule has 0 aromatic heterocycles. The van der Waals surface area contributed by atoms with Crippen molar-refractivity contribution in [2.75, 3.05) is 0 Å². The lowest BCUT2D eigenvalue weighted by atomic mass is 9.96. The minimum Gasteiger partial charge on any atom is -0.327 e. The van der Waals surface area contributed by atoms with E-state index in [0.717, 1.165) is 6.42 Å². The molecular formula is C20H45N. The lowest BCUT2D eigenvalue weighted by Crippen LogP contribution is -2.26. The Morgan fingerprint density at radius 1 is 0.619 bits per heavy atom. The second kappa shape index (κ2) is 20.0. The summed E-state index contributed by atoms with van der Waals surface area (Å²) in [6.07, 6.45) is 18.1. The summed E-state index contributed by atoms with van der Waals surface area (Å²) in [5.74, 6) is 0.708. The summed E-state index contributed by atoms with van der Waals surface area (Å²) >= 11 is 0. The van der Waals surface area contributed by atoms with E-state index in [1.165, 1.54) is 77.0 Å². The van der Waals surface area contributed by atoms with Crippen LogP contribution >= 0.6 is 0 Å². The predicted molar refractivity (Wildman–Crippen MR) is 99.9 cm³/mol. The first-order valence-corrected chi connectivity index (χ1v) is 9.89. The highest BCUT2D eigenvalue weighted by atomic mass is 14.6. The fourth-order valence-corrected chi connectivity index (χ4v) is 2.63. The van der Waals surface area contributed by atoms with Crippen LogP contribution in [-0.4, -0.2) is 6.04 Å². The van der Waals surface area contributed by atoms with Crippen molar-refractivity contribution >= 4 is 0 Å². The lowest BCUT2D eigenvalue weighted by Gasteiger charge is -2.16. The highest BCUT2D eigenvalue weighted by Gasteiger charge is 2.07. The normalized spacial score (nSPS) is 13.4. The van der Waals surface area contributed by atoms with Crippen LogP contribution in [0.3, 0.4) is 0 Å². The van der Waals surface area contributed by atoms with E-state index in [2.05, 4.69) is 34.6 Å². The zero-order valence-electron chi connectivity index (χ0n) is 15.9. The van der Waals surface area contributed by atoms with Gasteiger partial charge in [-0.2, -0.15) is 0 Å². The zero-order chi connectivity index (χ0) is 16.3. The third-order valence-electron chi connectivity index (χ3n) is 4.40. The monoisotopic (exact) mass is 299 g/mol. The van der Waals surface area contributed by atoms with Crippen molar-refractivity contribution in [3.63, 3.8) is 0 Å². The molecule has 0 heterocycles. The first-order chi connectivity index (χ1) is 10.1. The Hall–Kier alpha value is -0.0400. The third-order valence-corrected chi connectivity index (χ3v) is 4.40. The van der Waals surface area contributed by atoms with Gasteiger partial charge in [0.1, 0.15) is 0 Å². The van der Waals surface area contributed by atoms with Crippen molar-refractivity contribution in [1.82, 2.24) is 0 Å². The van der Waals surface area contributed by atoms with Crippen molar-refractivity contribution in [3.8, 4) is 0 Å². The summed E-state index contributed by atoms with van der Waals surface area (Å²) < 4.78 is 0. The first kappa shape index (κ1) is 23.2. The van der Waals surface area contributed by atoms with Gasteiger partial charge in [0.25, 0.3) is 0 Å². The minimum absolute atomic E-state index is 0.421. The van der Waals surface area contributed by atoms with Gasteiger partial charge in [-0.1, -0.05) is 105 Å². The highest BCUT2D eigenvalue weighted by molar-refractivity contribution is 4.65. The van der Waals surface area contributed by atoms with Crippen molar-refractivity contribution in [2.24, 2.45) is 11.7 Å². The van der Waals surface area contributed by atoms with E-state index in [1.54, 1.807) is 0 Å². The van der Waals surface area contributed by atoms with E-state index in [1.807, 2.05) is 0 Å². The lowest BCUT2D eigenvalue weighted by molar-refractivity contribution is 0.413. The molecule has 1 nitrogen and oxygen atoms in total. The van der Waals surface area contributed by atoms with Gasteiger partial charge in [0.15, 0.2) is 0 Å². The van der Waals surface area contributed by atoms with Gasteiger partial charge in [-0.15, -0.1) is 0 Å².